The second kappa shape index (κ2) is 5.03. The van der Waals surface area contributed by atoms with Crippen molar-refractivity contribution in [3.05, 3.63) is 23.9 Å². The summed E-state index contributed by atoms with van der Waals surface area (Å²) >= 11 is 0. The molecule has 92 valence electrons. The molecule has 0 unspecified atom stereocenters. The monoisotopic (exact) mass is 234 g/mol. The molecule has 5 nitrogen and oxygen atoms in total. The number of oxime groups is 1. The fraction of sp³-hybridized carbons (Fsp3) is 0.500. The van der Waals surface area contributed by atoms with Crippen molar-refractivity contribution in [3.8, 4) is 0 Å². The van der Waals surface area contributed by atoms with Gasteiger partial charge in [-0.15, -0.1) is 0 Å². The third kappa shape index (κ3) is 2.67. The van der Waals surface area contributed by atoms with E-state index in [1.165, 1.54) is 19.3 Å². The highest BCUT2D eigenvalue weighted by Crippen LogP contribution is 2.27. The van der Waals surface area contributed by atoms with E-state index in [0.717, 1.165) is 18.3 Å². The van der Waals surface area contributed by atoms with Gasteiger partial charge in [-0.25, -0.2) is 4.98 Å². The predicted molar refractivity (Wildman–Crippen MR) is 67.4 cm³/mol. The van der Waals surface area contributed by atoms with E-state index < -0.39 is 0 Å². The summed E-state index contributed by atoms with van der Waals surface area (Å²) in [7, 11) is 2.02. The molecule has 17 heavy (non-hydrogen) atoms. The standard InChI is InChI=1S/C12H18N4O/c1-16(8-9-3-2-4-9)11-7-10(5-6-14-11)12(13)15-17/h5-7,9,17H,2-4,8H2,1H3,(H2,13,15). The summed E-state index contributed by atoms with van der Waals surface area (Å²) in [6.45, 7) is 1.02. The van der Waals surface area contributed by atoms with Crippen LogP contribution in [-0.4, -0.2) is 29.6 Å². The number of pyridine rings is 1. The first-order chi connectivity index (χ1) is 8.20. The number of anilines is 1. The molecule has 0 spiro atoms. The zero-order valence-electron chi connectivity index (χ0n) is 10.0. The van der Waals surface area contributed by atoms with Gasteiger partial charge in [0.25, 0.3) is 0 Å². The third-order valence-corrected chi connectivity index (χ3v) is 3.30. The fourth-order valence-corrected chi connectivity index (χ4v) is 2.00. The lowest BCUT2D eigenvalue weighted by Gasteiger charge is -2.30. The van der Waals surface area contributed by atoms with Crippen molar-refractivity contribution in [2.45, 2.75) is 19.3 Å². The van der Waals surface area contributed by atoms with Gasteiger partial charge in [0.05, 0.1) is 0 Å². The quantitative estimate of drug-likeness (QED) is 0.357. The van der Waals surface area contributed by atoms with E-state index in [2.05, 4.69) is 15.0 Å². The van der Waals surface area contributed by atoms with Gasteiger partial charge in [-0.1, -0.05) is 11.6 Å². The summed E-state index contributed by atoms with van der Waals surface area (Å²) in [5.41, 5.74) is 6.25. The summed E-state index contributed by atoms with van der Waals surface area (Å²) in [6.07, 6.45) is 5.64. The van der Waals surface area contributed by atoms with E-state index in [-0.39, 0.29) is 5.84 Å². The molecule has 1 saturated carbocycles. The van der Waals surface area contributed by atoms with E-state index in [4.69, 9.17) is 10.9 Å². The van der Waals surface area contributed by atoms with Crippen LogP contribution in [0.15, 0.2) is 23.5 Å². The van der Waals surface area contributed by atoms with Crippen LogP contribution in [0.3, 0.4) is 0 Å². The first kappa shape index (κ1) is 11.7. The Kier molecular flexibility index (Phi) is 3.46. The summed E-state index contributed by atoms with van der Waals surface area (Å²) in [5, 5.41) is 11.6. The molecule has 1 aromatic heterocycles. The zero-order chi connectivity index (χ0) is 12.3. The molecule has 0 aliphatic heterocycles. The highest BCUT2D eigenvalue weighted by Gasteiger charge is 2.19. The molecule has 1 aliphatic rings. The van der Waals surface area contributed by atoms with Crippen LogP contribution in [0.5, 0.6) is 0 Å². The molecule has 1 aromatic rings. The largest absolute Gasteiger partial charge is 0.409 e. The molecule has 2 rings (SSSR count). The second-order valence-electron chi connectivity index (χ2n) is 4.57. The van der Waals surface area contributed by atoms with E-state index in [0.29, 0.717) is 5.56 Å². The lowest BCUT2D eigenvalue weighted by atomic mass is 9.85. The first-order valence-electron chi connectivity index (χ1n) is 5.86. The van der Waals surface area contributed by atoms with Crippen LogP contribution < -0.4 is 10.6 Å². The molecule has 0 saturated heterocycles. The van der Waals surface area contributed by atoms with Crippen molar-refractivity contribution >= 4 is 11.7 Å². The Hall–Kier alpha value is -1.78. The van der Waals surface area contributed by atoms with Gasteiger partial charge >= 0.3 is 0 Å². The van der Waals surface area contributed by atoms with E-state index in [1.54, 1.807) is 12.3 Å². The average molecular weight is 234 g/mol. The van der Waals surface area contributed by atoms with Crippen molar-refractivity contribution in [1.82, 2.24) is 4.98 Å². The first-order valence-corrected chi connectivity index (χ1v) is 5.86. The van der Waals surface area contributed by atoms with Gasteiger partial charge in [0.1, 0.15) is 5.82 Å². The normalized spacial score (nSPS) is 16.6. The average Bonchev–Trinajstić information content (AvgIpc) is 2.32. The van der Waals surface area contributed by atoms with Crippen molar-refractivity contribution in [2.75, 3.05) is 18.5 Å². The molecule has 1 fully saturated rings. The molecule has 0 atom stereocenters. The van der Waals surface area contributed by atoms with Crippen LogP contribution >= 0.6 is 0 Å². The van der Waals surface area contributed by atoms with E-state index >= 15 is 0 Å². The highest BCUT2D eigenvalue weighted by atomic mass is 16.4. The molecule has 1 aliphatic carbocycles. The Morgan fingerprint density at radius 2 is 2.41 bits per heavy atom. The summed E-state index contributed by atoms with van der Waals surface area (Å²) in [6, 6.07) is 3.57. The molecule has 0 bridgehead atoms. The molecule has 1 heterocycles. The molecular weight excluding hydrogens is 216 g/mol. The summed E-state index contributed by atoms with van der Waals surface area (Å²) in [5.74, 6) is 1.76. The van der Waals surface area contributed by atoms with Crippen LogP contribution in [0.1, 0.15) is 24.8 Å². The summed E-state index contributed by atoms with van der Waals surface area (Å²) in [4.78, 5) is 6.42. The van der Waals surface area contributed by atoms with Crippen molar-refractivity contribution in [1.29, 1.82) is 0 Å². The van der Waals surface area contributed by atoms with Crippen LogP contribution in [0, 0.1) is 5.92 Å². The molecule has 5 heteroatoms. The van der Waals surface area contributed by atoms with Gasteiger partial charge in [0.15, 0.2) is 5.84 Å². The number of aromatic nitrogens is 1. The second-order valence-corrected chi connectivity index (χ2v) is 4.57. The van der Waals surface area contributed by atoms with Crippen molar-refractivity contribution in [2.24, 2.45) is 16.8 Å². The van der Waals surface area contributed by atoms with Crippen molar-refractivity contribution < 1.29 is 5.21 Å². The number of nitrogens with two attached hydrogens (primary N) is 1. The topological polar surface area (TPSA) is 74.7 Å². The zero-order valence-corrected chi connectivity index (χ0v) is 10.0. The Bertz CT molecular complexity index is 415. The number of hydrogen-bond acceptors (Lipinski definition) is 4. The van der Waals surface area contributed by atoms with Crippen LogP contribution in [0.25, 0.3) is 0 Å². The van der Waals surface area contributed by atoms with Crippen LogP contribution in [0.2, 0.25) is 0 Å². The van der Waals surface area contributed by atoms with Gasteiger partial charge in [-0.2, -0.15) is 0 Å². The molecule has 0 amide bonds. The minimum atomic E-state index is 0.116. The SMILES string of the molecule is CN(CC1CCC1)c1cc(C(N)=NO)ccn1. The lowest BCUT2D eigenvalue weighted by molar-refractivity contribution is 0.318. The Morgan fingerprint density at radius 3 is 3.00 bits per heavy atom. The van der Waals surface area contributed by atoms with Gasteiger partial charge in [0, 0.05) is 25.4 Å². The van der Waals surface area contributed by atoms with E-state index in [9.17, 15) is 0 Å². The molecule has 3 N–H and O–H groups in total. The Labute approximate surface area is 101 Å². The van der Waals surface area contributed by atoms with Crippen LogP contribution in [0.4, 0.5) is 5.82 Å². The minimum Gasteiger partial charge on any atom is -0.409 e. The van der Waals surface area contributed by atoms with Crippen molar-refractivity contribution in [3.63, 3.8) is 0 Å². The Balaban J connectivity index is 2.08. The number of amidine groups is 1. The molecule has 0 aromatic carbocycles. The maximum Gasteiger partial charge on any atom is 0.170 e. The fourth-order valence-electron chi connectivity index (χ4n) is 2.00. The minimum absolute atomic E-state index is 0.116. The highest BCUT2D eigenvalue weighted by molar-refractivity contribution is 5.97. The number of nitrogens with zero attached hydrogens (tertiary/aromatic N) is 3. The predicted octanol–water partition coefficient (Wildman–Crippen LogP) is 1.41. The molecule has 0 radical (unpaired) electrons. The molecular formula is C12H18N4O. The Morgan fingerprint density at radius 1 is 1.65 bits per heavy atom. The number of hydrogen-bond donors (Lipinski definition) is 2. The maximum atomic E-state index is 8.64. The van der Waals surface area contributed by atoms with Gasteiger partial charge in [0.2, 0.25) is 0 Å². The van der Waals surface area contributed by atoms with Gasteiger partial charge in [-0.05, 0) is 30.9 Å². The third-order valence-electron chi connectivity index (χ3n) is 3.30. The van der Waals surface area contributed by atoms with Gasteiger partial charge < -0.3 is 15.8 Å². The number of rotatable bonds is 4. The lowest BCUT2D eigenvalue weighted by Crippen LogP contribution is -2.30. The van der Waals surface area contributed by atoms with Crippen LogP contribution in [-0.2, 0) is 0 Å². The smallest absolute Gasteiger partial charge is 0.170 e. The van der Waals surface area contributed by atoms with E-state index in [1.807, 2.05) is 13.1 Å². The maximum absolute atomic E-state index is 8.64. The summed E-state index contributed by atoms with van der Waals surface area (Å²) < 4.78 is 0. The van der Waals surface area contributed by atoms with Gasteiger partial charge in [-0.3, -0.25) is 0 Å².